The second kappa shape index (κ2) is 11.0. The number of nitrogens with one attached hydrogen (secondary N) is 1. The first-order chi connectivity index (χ1) is 17.6. The van der Waals surface area contributed by atoms with Crippen molar-refractivity contribution in [2.24, 2.45) is 0 Å². The number of aromatic hydroxyl groups is 1. The van der Waals surface area contributed by atoms with Crippen LogP contribution in [0.1, 0.15) is 29.0 Å². The van der Waals surface area contributed by atoms with E-state index >= 15 is 0 Å². The summed E-state index contributed by atoms with van der Waals surface area (Å²) in [7, 11) is 0. The third-order valence-corrected chi connectivity index (χ3v) is 6.49. The molecule has 1 aliphatic heterocycles. The SMILES string of the molecule is O=C(Nc1ccccc1O)C1=CC(c2cccc3c2Cc2ccccc2-3)CC(OCCOCCO)O1. The molecule has 186 valence electrons. The molecule has 5 rings (SSSR count). The van der Waals surface area contributed by atoms with Crippen molar-refractivity contribution in [3.05, 3.63) is 95.3 Å². The van der Waals surface area contributed by atoms with Crippen molar-refractivity contribution >= 4 is 11.6 Å². The number of amides is 1. The number of rotatable bonds is 9. The summed E-state index contributed by atoms with van der Waals surface area (Å²) in [6, 6.07) is 21.3. The van der Waals surface area contributed by atoms with E-state index in [2.05, 4.69) is 47.8 Å². The van der Waals surface area contributed by atoms with Gasteiger partial charge in [0.25, 0.3) is 5.91 Å². The van der Waals surface area contributed by atoms with Crippen LogP contribution in [0.15, 0.2) is 78.6 Å². The predicted octanol–water partition coefficient (Wildman–Crippen LogP) is 4.34. The van der Waals surface area contributed by atoms with Crippen molar-refractivity contribution in [2.45, 2.75) is 25.0 Å². The van der Waals surface area contributed by atoms with Gasteiger partial charge in [0.15, 0.2) is 5.76 Å². The van der Waals surface area contributed by atoms with Crippen LogP contribution >= 0.6 is 0 Å². The summed E-state index contributed by atoms with van der Waals surface area (Å²) >= 11 is 0. The van der Waals surface area contributed by atoms with Crippen LogP contribution in [-0.4, -0.2) is 48.8 Å². The van der Waals surface area contributed by atoms with E-state index in [0.29, 0.717) is 18.7 Å². The van der Waals surface area contributed by atoms with Crippen molar-refractivity contribution in [1.29, 1.82) is 0 Å². The molecule has 1 aliphatic carbocycles. The Morgan fingerprint density at radius 2 is 1.78 bits per heavy atom. The number of anilines is 1. The molecule has 0 saturated carbocycles. The number of aliphatic hydroxyl groups excluding tert-OH is 1. The second-order valence-corrected chi connectivity index (χ2v) is 8.81. The summed E-state index contributed by atoms with van der Waals surface area (Å²) < 4.78 is 17.2. The smallest absolute Gasteiger partial charge is 0.290 e. The summed E-state index contributed by atoms with van der Waals surface area (Å²) in [5.74, 6) is -0.436. The zero-order chi connectivity index (χ0) is 24.9. The lowest BCUT2D eigenvalue weighted by Crippen LogP contribution is -2.30. The van der Waals surface area contributed by atoms with Crippen molar-refractivity contribution in [1.82, 2.24) is 0 Å². The molecule has 2 unspecified atom stereocenters. The minimum atomic E-state index is -0.650. The molecule has 1 amide bonds. The molecule has 2 aliphatic rings. The van der Waals surface area contributed by atoms with Crippen LogP contribution in [0.3, 0.4) is 0 Å². The molecule has 0 saturated heterocycles. The van der Waals surface area contributed by atoms with E-state index in [1.54, 1.807) is 18.2 Å². The topological polar surface area (TPSA) is 97.3 Å². The summed E-state index contributed by atoms with van der Waals surface area (Å²) in [5.41, 5.74) is 6.47. The van der Waals surface area contributed by atoms with Gasteiger partial charge in [-0.1, -0.05) is 54.6 Å². The lowest BCUT2D eigenvalue weighted by molar-refractivity contribution is -0.148. The van der Waals surface area contributed by atoms with E-state index in [-0.39, 0.29) is 37.2 Å². The fourth-order valence-corrected chi connectivity index (χ4v) is 4.83. The van der Waals surface area contributed by atoms with Gasteiger partial charge in [-0.25, -0.2) is 0 Å². The molecule has 3 N–H and O–H groups in total. The summed E-state index contributed by atoms with van der Waals surface area (Å²) in [4.78, 5) is 13.1. The molecule has 7 heteroatoms. The first-order valence-electron chi connectivity index (χ1n) is 12.1. The molecule has 0 spiro atoms. The summed E-state index contributed by atoms with van der Waals surface area (Å²) in [6.45, 7) is 0.763. The van der Waals surface area contributed by atoms with Crippen LogP contribution in [0.4, 0.5) is 5.69 Å². The number of fused-ring (bicyclic) bond motifs is 3. The van der Waals surface area contributed by atoms with Crippen LogP contribution < -0.4 is 5.32 Å². The van der Waals surface area contributed by atoms with Gasteiger partial charge >= 0.3 is 0 Å². The van der Waals surface area contributed by atoms with Gasteiger partial charge in [0, 0.05) is 12.3 Å². The van der Waals surface area contributed by atoms with Gasteiger partial charge in [-0.2, -0.15) is 0 Å². The minimum Gasteiger partial charge on any atom is -0.506 e. The molecule has 0 bridgehead atoms. The molecule has 36 heavy (non-hydrogen) atoms. The maximum Gasteiger partial charge on any atom is 0.290 e. The Balaban J connectivity index is 1.41. The standard InChI is InChI=1S/C29H29NO6/c31-12-13-34-14-15-35-28-18-20(17-27(36-28)29(33)30-25-10-3-4-11-26(25)32)22-8-5-9-23-21-7-2-1-6-19(21)16-24(22)23/h1-11,17,20,28,31-32H,12-16,18H2,(H,30,33). The number of phenolic OH excluding ortho intramolecular Hbond substituents is 1. The Labute approximate surface area is 209 Å². The van der Waals surface area contributed by atoms with Gasteiger partial charge in [-0.05, 0) is 52.4 Å². The Bertz CT molecular complexity index is 1270. The number of carbonyl (C=O) groups is 1. The largest absolute Gasteiger partial charge is 0.506 e. The average Bonchev–Trinajstić information content (AvgIpc) is 3.28. The molecule has 3 aromatic carbocycles. The third-order valence-electron chi connectivity index (χ3n) is 6.49. The van der Waals surface area contributed by atoms with E-state index < -0.39 is 12.2 Å². The highest BCUT2D eigenvalue weighted by Crippen LogP contribution is 2.43. The number of aliphatic hydroxyl groups is 1. The lowest BCUT2D eigenvalue weighted by atomic mass is 9.87. The van der Waals surface area contributed by atoms with Crippen LogP contribution in [0, 0.1) is 0 Å². The number of hydrogen-bond acceptors (Lipinski definition) is 6. The summed E-state index contributed by atoms with van der Waals surface area (Å²) in [6.07, 6.45) is 2.57. The number of phenols is 1. The molecule has 0 radical (unpaired) electrons. The Kier molecular flexibility index (Phi) is 7.32. The van der Waals surface area contributed by atoms with Crippen molar-refractivity contribution in [2.75, 3.05) is 31.7 Å². The zero-order valence-electron chi connectivity index (χ0n) is 19.9. The van der Waals surface area contributed by atoms with E-state index in [0.717, 1.165) is 12.0 Å². The first kappa shape index (κ1) is 24.1. The number of carbonyl (C=O) groups excluding carboxylic acids is 1. The molecule has 0 aromatic heterocycles. The first-order valence-corrected chi connectivity index (χ1v) is 12.1. The Morgan fingerprint density at radius 1 is 0.972 bits per heavy atom. The normalized spacial score (nSPS) is 18.1. The van der Waals surface area contributed by atoms with E-state index in [9.17, 15) is 9.90 Å². The second-order valence-electron chi connectivity index (χ2n) is 8.81. The highest BCUT2D eigenvalue weighted by molar-refractivity contribution is 6.03. The monoisotopic (exact) mass is 487 g/mol. The predicted molar refractivity (Wildman–Crippen MR) is 136 cm³/mol. The van der Waals surface area contributed by atoms with Crippen LogP contribution in [-0.2, 0) is 25.4 Å². The minimum absolute atomic E-state index is 0.0220. The van der Waals surface area contributed by atoms with Gasteiger partial charge in [0.2, 0.25) is 6.29 Å². The quantitative estimate of drug-likeness (QED) is 0.240. The number of para-hydroxylation sites is 2. The molecule has 1 heterocycles. The van der Waals surface area contributed by atoms with Gasteiger partial charge in [-0.15, -0.1) is 0 Å². The van der Waals surface area contributed by atoms with Crippen molar-refractivity contribution in [3.63, 3.8) is 0 Å². The van der Waals surface area contributed by atoms with E-state index in [1.807, 2.05) is 6.08 Å². The maximum absolute atomic E-state index is 13.1. The molecule has 2 atom stereocenters. The molecular weight excluding hydrogens is 458 g/mol. The Morgan fingerprint density at radius 3 is 2.64 bits per heavy atom. The number of ether oxygens (including phenoxy) is 3. The van der Waals surface area contributed by atoms with Crippen molar-refractivity contribution in [3.8, 4) is 16.9 Å². The van der Waals surface area contributed by atoms with Crippen LogP contribution in [0.5, 0.6) is 5.75 Å². The third kappa shape index (κ3) is 5.14. The van der Waals surface area contributed by atoms with Gasteiger partial charge in [0.05, 0.1) is 32.1 Å². The lowest BCUT2D eigenvalue weighted by Gasteiger charge is -2.30. The molecular formula is C29H29NO6. The number of hydrogen-bond donors (Lipinski definition) is 3. The number of allylic oxidation sites excluding steroid dienone is 1. The average molecular weight is 488 g/mol. The van der Waals surface area contributed by atoms with Gasteiger partial charge in [0.1, 0.15) is 5.75 Å². The van der Waals surface area contributed by atoms with Crippen LogP contribution in [0.25, 0.3) is 11.1 Å². The molecule has 3 aromatic rings. The van der Waals surface area contributed by atoms with Crippen LogP contribution in [0.2, 0.25) is 0 Å². The highest BCUT2D eigenvalue weighted by atomic mass is 16.7. The van der Waals surface area contributed by atoms with E-state index in [4.69, 9.17) is 19.3 Å². The Hall–Kier alpha value is -3.65. The molecule has 0 fully saturated rings. The zero-order valence-corrected chi connectivity index (χ0v) is 19.9. The molecule has 7 nitrogen and oxygen atoms in total. The fraction of sp³-hybridized carbons (Fsp3) is 0.276. The van der Waals surface area contributed by atoms with Gasteiger partial charge in [-0.3, -0.25) is 4.79 Å². The fourth-order valence-electron chi connectivity index (χ4n) is 4.83. The highest BCUT2D eigenvalue weighted by Gasteiger charge is 2.32. The maximum atomic E-state index is 13.1. The van der Waals surface area contributed by atoms with Gasteiger partial charge < -0.3 is 29.7 Å². The summed E-state index contributed by atoms with van der Waals surface area (Å²) in [5, 5.41) is 21.7. The van der Waals surface area contributed by atoms with Crippen molar-refractivity contribution < 1.29 is 29.2 Å². The van der Waals surface area contributed by atoms with E-state index in [1.165, 1.54) is 28.3 Å². The number of benzene rings is 3.